The van der Waals surface area contributed by atoms with Gasteiger partial charge in [0.1, 0.15) is 6.10 Å². The van der Waals surface area contributed by atoms with Crippen molar-refractivity contribution in [1.82, 2.24) is 4.72 Å². The average Bonchev–Trinajstić information content (AvgIpc) is 2.54. The molecule has 5 fully saturated rings. The zero-order chi connectivity index (χ0) is 19.4. The second kappa shape index (κ2) is 6.61. The van der Waals surface area contributed by atoms with Crippen LogP contribution in [-0.2, 0) is 19.6 Å². The second-order valence-corrected chi connectivity index (χ2v) is 10.8. The van der Waals surface area contributed by atoms with Gasteiger partial charge >= 0.3 is 21.5 Å². The van der Waals surface area contributed by atoms with Crippen LogP contribution in [-0.4, -0.2) is 32.0 Å². The lowest BCUT2D eigenvalue weighted by Gasteiger charge is -2.55. The van der Waals surface area contributed by atoms with E-state index in [1.165, 1.54) is 19.3 Å². The minimum Gasteiger partial charge on any atom is -0.462 e. The molecule has 0 spiro atoms. The number of esters is 1. The monoisotopic (exact) mass is 409 g/mol. The van der Waals surface area contributed by atoms with Crippen molar-refractivity contribution in [1.29, 1.82) is 0 Å². The molecule has 4 bridgehead atoms. The van der Waals surface area contributed by atoms with Gasteiger partial charge in [0, 0.05) is 6.04 Å². The Hall–Kier alpha value is -0.830. The first kappa shape index (κ1) is 19.5. The molecule has 5 nitrogen and oxygen atoms in total. The van der Waals surface area contributed by atoms with Crippen LogP contribution in [0.4, 0.5) is 13.2 Å². The molecule has 5 aliphatic carbocycles. The van der Waals surface area contributed by atoms with E-state index in [1.54, 1.807) is 4.72 Å². The number of hydrogen-bond donors (Lipinski definition) is 1. The van der Waals surface area contributed by atoms with Gasteiger partial charge in [-0.25, -0.2) is 13.1 Å². The minimum absolute atomic E-state index is 0.124. The standard InChI is InChI=1S/C18H26F3NO4S/c19-18(20,21)27(24,25)22-14-1-3-15(4-2-14)26-16(23)17-8-11-5-12(9-17)7-13(6-11)10-17/h11-15,22H,1-10H2. The highest BCUT2D eigenvalue weighted by atomic mass is 32.2. The van der Waals surface area contributed by atoms with Crippen LogP contribution in [0.25, 0.3) is 0 Å². The van der Waals surface area contributed by atoms with Crippen LogP contribution < -0.4 is 4.72 Å². The molecule has 0 aromatic rings. The van der Waals surface area contributed by atoms with Crippen molar-refractivity contribution in [2.75, 3.05) is 0 Å². The van der Waals surface area contributed by atoms with E-state index >= 15 is 0 Å². The number of ether oxygens (including phenoxy) is 1. The third-order valence-electron chi connectivity index (χ3n) is 7.05. The number of halogens is 3. The van der Waals surface area contributed by atoms with Gasteiger partial charge in [0.05, 0.1) is 5.41 Å². The summed E-state index contributed by atoms with van der Waals surface area (Å²) in [5.41, 5.74) is -5.64. The summed E-state index contributed by atoms with van der Waals surface area (Å²) in [7, 11) is -5.33. The van der Waals surface area contributed by atoms with E-state index in [2.05, 4.69) is 0 Å². The van der Waals surface area contributed by atoms with Crippen molar-refractivity contribution < 1.29 is 31.1 Å². The van der Waals surface area contributed by atoms with Gasteiger partial charge in [-0.15, -0.1) is 0 Å². The fourth-order valence-electron chi connectivity index (χ4n) is 6.22. The number of nitrogens with one attached hydrogen (secondary N) is 1. The van der Waals surface area contributed by atoms with Crippen molar-refractivity contribution in [3.8, 4) is 0 Å². The number of rotatable bonds is 4. The Kier molecular flexibility index (Phi) is 4.77. The highest BCUT2D eigenvalue weighted by molar-refractivity contribution is 7.90. The quantitative estimate of drug-likeness (QED) is 0.722. The molecule has 154 valence electrons. The average molecular weight is 409 g/mol. The summed E-state index contributed by atoms with van der Waals surface area (Å²) in [4.78, 5) is 12.9. The molecule has 1 N–H and O–H groups in total. The first-order valence-electron chi connectivity index (χ1n) is 9.86. The summed E-state index contributed by atoms with van der Waals surface area (Å²) in [6.07, 6.45) is 7.40. The number of alkyl halides is 3. The molecular formula is C18H26F3NO4S. The SMILES string of the molecule is O=C(OC1CCC(NS(=O)(=O)C(F)(F)F)CC1)C12CC3CC(CC(C3)C1)C2. The van der Waals surface area contributed by atoms with E-state index in [4.69, 9.17) is 4.74 Å². The Labute approximate surface area is 157 Å². The first-order valence-corrected chi connectivity index (χ1v) is 11.3. The topological polar surface area (TPSA) is 72.5 Å². The van der Waals surface area contributed by atoms with E-state index in [0.29, 0.717) is 30.6 Å². The maximum Gasteiger partial charge on any atom is 0.511 e. The molecule has 0 aromatic carbocycles. The van der Waals surface area contributed by atoms with Gasteiger partial charge in [-0.1, -0.05) is 0 Å². The lowest BCUT2D eigenvalue weighted by atomic mass is 9.49. The van der Waals surface area contributed by atoms with Crippen LogP contribution in [0.5, 0.6) is 0 Å². The van der Waals surface area contributed by atoms with Crippen LogP contribution in [0.15, 0.2) is 0 Å². The van der Waals surface area contributed by atoms with E-state index in [0.717, 1.165) is 19.3 Å². The van der Waals surface area contributed by atoms with Crippen molar-refractivity contribution in [3.05, 3.63) is 0 Å². The Bertz CT molecular complexity index is 663. The molecular weight excluding hydrogens is 383 g/mol. The fraction of sp³-hybridized carbons (Fsp3) is 0.944. The molecule has 5 aliphatic rings. The molecule has 0 atom stereocenters. The van der Waals surface area contributed by atoms with Gasteiger partial charge in [-0.05, 0) is 82.0 Å². The van der Waals surface area contributed by atoms with E-state index in [-0.39, 0.29) is 30.3 Å². The predicted molar refractivity (Wildman–Crippen MR) is 90.9 cm³/mol. The maximum absolute atomic E-state index is 12.9. The van der Waals surface area contributed by atoms with Crippen molar-refractivity contribution in [2.24, 2.45) is 23.2 Å². The highest BCUT2D eigenvalue weighted by Crippen LogP contribution is 2.60. The van der Waals surface area contributed by atoms with Crippen LogP contribution in [0.2, 0.25) is 0 Å². The number of carbonyl (C=O) groups is 1. The smallest absolute Gasteiger partial charge is 0.462 e. The Morgan fingerprint density at radius 2 is 1.41 bits per heavy atom. The van der Waals surface area contributed by atoms with E-state index < -0.39 is 21.6 Å². The maximum atomic E-state index is 12.9. The summed E-state index contributed by atoms with van der Waals surface area (Å²) >= 11 is 0. The largest absolute Gasteiger partial charge is 0.511 e. The van der Waals surface area contributed by atoms with E-state index in [1.807, 2.05) is 0 Å². The zero-order valence-corrected chi connectivity index (χ0v) is 15.9. The van der Waals surface area contributed by atoms with Crippen molar-refractivity contribution in [3.63, 3.8) is 0 Å². The molecule has 0 amide bonds. The molecule has 27 heavy (non-hydrogen) atoms. The predicted octanol–water partition coefficient (Wildman–Crippen LogP) is 3.50. The van der Waals surface area contributed by atoms with Gasteiger partial charge in [-0.2, -0.15) is 13.2 Å². The lowest BCUT2D eigenvalue weighted by Crippen LogP contribution is -2.51. The van der Waals surface area contributed by atoms with Crippen LogP contribution in [0.1, 0.15) is 64.2 Å². The Balaban J connectivity index is 1.30. The Morgan fingerprint density at radius 1 is 0.926 bits per heavy atom. The van der Waals surface area contributed by atoms with Crippen LogP contribution >= 0.6 is 0 Å². The fourth-order valence-corrected chi connectivity index (χ4v) is 7.03. The zero-order valence-electron chi connectivity index (χ0n) is 15.1. The number of hydrogen-bond acceptors (Lipinski definition) is 4. The summed E-state index contributed by atoms with van der Waals surface area (Å²) in [5, 5.41) is 0. The lowest BCUT2D eigenvalue weighted by molar-refractivity contribution is -0.178. The molecule has 9 heteroatoms. The molecule has 0 aromatic heterocycles. The van der Waals surface area contributed by atoms with Crippen molar-refractivity contribution in [2.45, 2.75) is 81.9 Å². The summed E-state index contributed by atoms with van der Waals surface area (Å²) in [5.74, 6) is 1.78. The van der Waals surface area contributed by atoms with Gasteiger partial charge in [0.15, 0.2) is 0 Å². The van der Waals surface area contributed by atoms with Gasteiger partial charge in [-0.3, -0.25) is 4.79 Å². The first-order chi connectivity index (χ1) is 12.6. The molecule has 0 aliphatic heterocycles. The third kappa shape index (κ3) is 3.73. The van der Waals surface area contributed by atoms with Gasteiger partial charge in [0.25, 0.3) is 0 Å². The normalized spacial score (nSPS) is 41.5. The van der Waals surface area contributed by atoms with Crippen molar-refractivity contribution >= 4 is 16.0 Å². The Morgan fingerprint density at radius 3 is 1.85 bits per heavy atom. The summed E-state index contributed by atoms with van der Waals surface area (Å²) < 4.78 is 67.4. The molecule has 0 unspecified atom stereocenters. The molecule has 0 heterocycles. The molecule has 5 saturated carbocycles. The molecule has 5 rings (SSSR count). The van der Waals surface area contributed by atoms with Crippen LogP contribution in [0, 0.1) is 23.2 Å². The second-order valence-electron chi connectivity index (χ2n) is 9.14. The summed E-state index contributed by atoms with van der Waals surface area (Å²) in [6, 6.07) is -0.758. The van der Waals surface area contributed by atoms with E-state index in [9.17, 15) is 26.4 Å². The minimum atomic E-state index is -5.33. The number of sulfonamides is 1. The number of carbonyl (C=O) groups excluding carboxylic acids is 1. The van der Waals surface area contributed by atoms with Gasteiger partial charge < -0.3 is 4.74 Å². The van der Waals surface area contributed by atoms with Crippen LogP contribution in [0.3, 0.4) is 0 Å². The molecule has 0 saturated heterocycles. The highest BCUT2D eigenvalue weighted by Gasteiger charge is 2.56. The summed E-state index contributed by atoms with van der Waals surface area (Å²) in [6.45, 7) is 0. The van der Waals surface area contributed by atoms with Gasteiger partial charge in [0.2, 0.25) is 0 Å². The molecule has 0 radical (unpaired) electrons. The third-order valence-corrected chi connectivity index (χ3v) is 8.30.